The van der Waals surface area contributed by atoms with Gasteiger partial charge in [0.2, 0.25) is 11.8 Å². The Morgan fingerprint density at radius 1 is 1.25 bits per heavy atom. The first-order valence-corrected chi connectivity index (χ1v) is 9.64. The van der Waals surface area contributed by atoms with Crippen molar-refractivity contribution in [2.45, 2.75) is 51.4 Å². The first-order chi connectivity index (χ1) is 13.4. The molecule has 0 radical (unpaired) electrons. The summed E-state index contributed by atoms with van der Waals surface area (Å²) >= 11 is 0. The standard InChI is InChI=1S/C20H30N4O4/c1-13(2)8-17(19(26)23-11-14-6-4-3-5-7-14)24-20(27)16-9-15(12-22-16)28-18(25)10-21/h3-7,13,15-17,22H,8-12,21H2,1-2H3,(H,23,26)(H,24,27)/t15-,16+,17+/m1/s1. The number of hydrogen-bond acceptors (Lipinski definition) is 6. The van der Waals surface area contributed by atoms with Crippen LogP contribution >= 0.6 is 0 Å². The molecular weight excluding hydrogens is 360 g/mol. The second kappa shape index (κ2) is 10.8. The van der Waals surface area contributed by atoms with Crippen molar-refractivity contribution in [3.8, 4) is 0 Å². The average Bonchev–Trinajstić information content (AvgIpc) is 3.14. The molecule has 2 rings (SSSR count). The Kier molecular flexibility index (Phi) is 8.41. The van der Waals surface area contributed by atoms with Crippen molar-refractivity contribution in [2.75, 3.05) is 13.1 Å². The van der Waals surface area contributed by atoms with Crippen LogP contribution < -0.4 is 21.7 Å². The van der Waals surface area contributed by atoms with Gasteiger partial charge in [0, 0.05) is 19.5 Å². The van der Waals surface area contributed by atoms with E-state index in [1.165, 1.54) is 0 Å². The van der Waals surface area contributed by atoms with E-state index in [4.69, 9.17) is 10.5 Å². The number of ether oxygens (including phenoxy) is 1. The molecule has 1 aliphatic heterocycles. The van der Waals surface area contributed by atoms with Crippen molar-refractivity contribution in [2.24, 2.45) is 11.7 Å². The predicted octanol–water partition coefficient (Wildman–Crippen LogP) is 0.0661. The van der Waals surface area contributed by atoms with Gasteiger partial charge in [-0.3, -0.25) is 14.4 Å². The molecule has 28 heavy (non-hydrogen) atoms. The average molecular weight is 390 g/mol. The molecule has 0 aromatic heterocycles. The van der Waals surface area contributed by atoms with Gasteiger partial charge >= 0.3 is 5.97 Å². The summed E-state index contributed by atoms with van der Waals surface area (Å²) in [5.74, 6) is -0.741. The maximum Gasteiger partial charge on any atom is 0.320 e. The molecular formula is C20H30N4O4. The molecule has 1 aromatic carbocycles. The van der Waals surface area contributed by atoms with Gasteiger partial charge in [0.15, 0.2) is 0 Å². The molecule has 1 fully saturated rings. The van der Waals surface area contributed by atoms with Gasteiger partial charge in [-0.05, 0) is 17.9 Å². The van der Waals surface area contributed by atoms with Crippen molar-refractivity contribution in [1.82, 2.24) is 16.0 Å². The SMILES string of the molecule is CC(C)C[C@H](NC(=O)[C@@H]1C[C@@H](OC(=O)CN)CN1)C(=O)NCc1ccccc1. The quantitative estimate of drug-likeness (QED) is 0.443. The van der Waals surface area contributed by atoms with Crippen LogP contribution in [-0.2, 0) is 25.7 Å². The van der Waals surface area contributed by atoms with E-state index < -0.39 is 18.1 Å². The topological polar surface area (TPSA) is 123 Å². The Balaban J connectivity index is 1.89. The van der Waals surface area contributed by atoms with Crippen LogP contribution in [0.2, 0.25) is 0 Å². The highest BCUT2D eigenvalue weighted by Crippen LogP contribution is 2.12. The van der Waals surface area contributed by atoms with Crippen molar-refractivity contribution in [3.05, 3.63) is 35.9 Å². The molecule has 154 valence electrons. The van der Waals surface area contributed by atoms with Crippen molar-refractivity contribution < 1.29 is 19.1 Å². The molecule has 2 amide bonds. The van der Waals surface area contributed by atoms with Crippen LogP contribution in [0.4, 0.5) is 0 Å². The molecule has 0 unspecified atom stereocenters. The monoisotopic (exact) mass is 390 g/mol. The highest BCUT2D eigenvalue weighted by Gasteiger charge is 2.33. The van der Waals surface area contributed by atoms with E-state index in [9.17, 15) is 14.4 Å². The second-order valence-corrected chi connectivity index (χ2v) is 7.41. The van der Waals surface area contributed by atoms with E-state index in [2.05, 4.69) is 16.0 Å². The molecule has 8 nitrogen and oxygen atoms in total. The van der Waals surface area contributed by atoms with Gasteiger partial charge < -0.3 is 26.4 Å². The molecule has 1 saturated heterocycles. The predicted molar refractivity (Wildman–Crippen MR) is 105 cm³/mol. The fraction of sp³-hybridized carbons (Fsp3) is 0.550. The van der Waals surface area contributed by atoms with Gasteiger partial charge in [-0.25, -0.2) is 0 Å². The van der Waals surface area contributed by atoms with Crippen LogP contribution in [0.25, 0.3) is 0 Å². The first-order valence-electron chi connectivity index (χ1n) is 9.64. The Labute approximate surface area is 165 Å². The minimum absolute atomic E-state index is 0.189. The van der Waals surface area contributed by atoms with Gasteiger partial charge in [-0.15, -0.1) is 0 Å². The summed E-state index contributed by atoms with van der Waals surface area (Å²) in [4.78, 5) is 36.5. The van der Waals surface area contributed by atoms with E-state index in [-0.39, 0.29) is 30.4 Å². The zero-order valence-electron chi connectivity index (χ0n) is 16.4. The summed E-state index contributed by atoms with van der Waals surface area (Å²) < 4.78 is 5.16. The lowest BCUT2D eigenvalue weighted by Gasteiger charge is -2.22. The van der Waals surface area contributed by atoms with E-state index in [0.717, 1.165) is 5.56 Å². The van der Waals surface area contributed by atoms with Crippen LogP contribution in [0.15, 0.2) is 30.3 Å². The summed E-state index contributed by atoms with van der Waals surface area (Å²) in [6.07, 6.45) is 0.504. The normalized spacial score (nSPS) is 19.9. The first kappa shape index (κ1) is 21.8. The number of benzene rings is 1. The number of rotatable bonds is 9. The number of nitrogens with two attached hydrogens (primary N) is 1. The molecule has 0 saturated carbocycles. The van der Waals surface area contributed by atoms with Crippen LogP contribution in [-0.4, -0.2) is 49.1 Å². The summed E-state index contributed by atoms with van der Waals surface area (Å²) in [7, 11) is 0. The molecule has 0 bridgehead atoms. The van der Waals surface area contributed by atoms with Gasteiger partial charge in [-0.1, -0.05) is 44.2 Å². The van der Waals surface area contributed by atoms with E-state index in [0.29, 0.717) is 25.9 Å². The van der Waals surface area contributed by atoms with Gasteiger partial charge in [-0.2, -0.15) is 0 Å². The fourth-order valence-corrected chi connectivity index (χ4v) is 3.11. The number of nitrogens with one attached hydrogen (secondary N) is 3. The zero-order chi connectivity index (χ0) is 20.5. The Bertz CT molecular complexity index is 665. The Morgan fingerprint density at radius 3 is 2.61 bits per heavy atom. The third kappa shape index (κ3) is 6.94. The lowest BCUT2D eigenvalue weighted by atomic mass is 10.0. The minimum atomic E-state index is -0.622. The van der Waals surface area contributed by atoms with Crippen molar-refractivity contribution >= 4 is 17.8 Å². The third-order valence-electron chi connectivity index (χ3n) is 4.52. The molecule has 0 spiro atoms. The number of carbonyl (C=O) groups excluding carboxylic acids is 3. The molecule has 5 N–H and O–H groups in total. The number of amides is 2. The highest BCUT2D eigenvalue weighted by atomic mass is 16.5. The van der Waals surface area contributed by atoms with Crippen LogP contribution in [0.1, 0.15) is 32.3 Å². The third-order valence-corrected chi connectivity index (χ3v) is 4.52. The molecule has 1 heterocycles. The van der Waals surface area contributed by atoms with Crippen LogP contribution in [0.3, 0.4) is 0 Å². The smallest absolute Gasteiger partial charge is 0.320 e. The molecule has 1 aromatic rings. The number of esters is 1. The Morgan fingerprint density at radius 2 is 1.96 bits per heavy atom. The number of hydrogen-bond donors (Lipinski definition) is 4. The second-order valence-electron chi connectivity index (χ2n) is 7.41. The van der Waals surface area contributed by atoms with Crippen LogP contribution in [0, 0.1) is 5.92 Å². The minimum Gasteiger partial charge on any atom is -0.460 e. The largest absolute Gasteiger partial charge is 0.460 e. The highest BCUT2D eigenvalue weighted by molar-refractivity contribution is 5.90. The van der Waals surface area contributed by atoms with E-state index >= 15 is 0 Å². The summed E-state index contributed by atoms with van der Waals surface area (Å²) in [6.45, 7) is 4.60. The lowest BCUT2D eigenvalue weighted by Crippen LogP contribution is -2.51. The zero-order valence-corrected chi connectivity index (χ0v) is 16.4. The summed E-state index contributed by atoms with van der Waals surface area (Å²) in [5.41, 5.74) is 6.23. The van der Waals surface area contributed by atoms with Gasteiger partial charge in [0.25, 0.3) is 0 Å². The number of carbonyl (C=O) groups is 3. The fourth-order valence-electron chi connectivity index (χ4n) is 3.11. The van der Waals surface area contributed by atoms with Gasteiger partial charge in [0.05, 0.1) is 12.6 Å². The molecule has 1 aliphatic rings. The molecule has 3 atom stereocenters. The lowest BCUT2D eigenvalue weighted by molar-refractivity contribution is -0.146. The van der Waals surface area contributed by atoms with E-state index in [1.54, 1.807) is 0 Å². The van der Waals surface area contributed by atoms with Crippen LogP contribution in [0.5, 0.6) is 0 Å². The molecule has 8 heteroatoms. The molecule has 0 aliphatic carbocycles. The van der Waals surface area contributed by atoms with E-state index in [1.807, 2.05) is 44.2 Å². The Hall–Kier alpha value is -2.45. The van der Waals surface area contributed by atoms with Crippen molar-refractivity contribution in [1.29, 1.82) is 0 Å². The summed E-state index contributed by atoms with van der Waals surface area (Å²) in [6, 6.07) is 8.47. The van der Waals surface area contributed by atoms with Crippen molar-refractivity contribution in [3.63, 3.8) is 0 Å². The maximum absolute atomic E-state index is 12.6. The van der Waals surface area contributed by atoms with Gasteiger partial charge in [0.1, 0.15) is 12.1 Å². The summed E-state index contributed by atoms with van der Waals surface area (Å²) in [5, 5.41) is 8.75. The maximum atomic E-state index is 12.6.